The van der Waals surface area contributed by atoms with Gasteiger partial charge in [0.2, 0.25) is 0 Å². The second kappa shape index (κ2) is 5.34. The van der Waals surface area contributed by atoms with E-state index in [2.05, 4.69) is 52.0 Å². The minimum absolute atomic E-state index is 1.06. The first kappa shape index (κ1) is 15.4. The largest absolute Gasteiger partial charge is 0.243 e. The van der Waals surface area contributed by atoms with Gasteiger partial charge in [-0.15, -0.1) is 34.0 Å². The van der Waals surface area contributed by atoms with Crippen molar-refractivity contribution in [2.75, 3.05) is 0 Å². The highest BCUT2D eigenvalue weighted by Crippen LogP contribution is 2.46. The molecule has 0 saturated heterocycles. The van der Waals surface area contributed by atoms with E-state index in [1.54, 1.807) is 0 Å². The van der Waals surface area contributed by atoms with Crippen LogP contribution in [0, 0.1) is 13.8 Å². The number of allylic oxidation sites excluding steroid dienone is 2. The molecule has 0 unspecified atom stereocenters. The molecule has 2 nitrogen and oxygen atoms in total. The second-order valence-electron chi connectivity index (χ2n) is 6.43. The molecule has 0 saturated carbocycles. The molecule has 5 rings (SSSR count). The van der Waals surface area contributed by atoms with Gasteiger partial charge in [0.15, 0.2) is 0 Å². The van der Waals surface area contributed by atoms with E-state index in [1.165, 1.54) is 40.4 Å². The van der Waals surface area contributed by atoms with E-state index in [0.717, 1.165) is 22.4 Å². The van der Waals surface area contributed by atoms with Crippen LogP contribution in [-0.2, 0) is 0 Å². The van der Waals surface area contributed by atoms with E-state index in [1.807, 2.05) is 34.0 Å². The number of aryl methyl sites for hydroxylation is 2. The lowest BCUT2D eigenvalue weighted by molar-refractivity contribution is 1.16. The van der Waals surface area contributed by atoms with Gasteiger partial charge in [-0.1, -0.05) is 0 Å². The minimum Gasteiger partial charge on any atom is -0.243 e. The monoisotopic (exact) mass is 380 g/mol. The van der Waals surface area contributed by atoms with Crippen molar-refractivity contribution >= 4 is 56.2 Å². The van der Waals surface area contributed by atoms with Crippen LogP contribution in [0.2, 0.25) is 0 Å². The Kier molecular flexibility index (Phi) is 3.29. The summed E-state index contributed by atoms with van der Waals surface area (Å²) in [7, 11) is 0. The molecule has 0 fully saturated rings. The van der Waals surface area contributed by atoms with Crippen molar-refractivity contribution in [2.24, 2.45) is 0 Å². The predicted molar refractivity (Wildman–Crippen MR) is 112 cm³/mol. The molecule has 0 atom stereocenters. The van der Waals surface area contributed by atoms with Crippen LogP contribution in [-0.4, -0.2) is 9.97 Å². The maximum Gasteiger partial charge on any atom is 0.109 e. The average Bonchev–Trinajstić information content (AvgIpc) is 3.32. The van der Waals surface area contributed by atoms with Crippen molar-refractivity contribution in [1.82, 2.24) is 9.97 Å². The highest BCUT2D eigenvalue weighted by atomic mass is 32.1. The molecule has 4 aromatic rings. The predicted octanol–water partition coefficient (Wildman–Crippen LogP) is 7.03. The standard InChI is InChI=1S/C20H16N2S3/c1-9-5-6-13(23-9)14-7-8-15(25-14)20-19-18(12(4)24-20)21-16-10(2)11(3)17(16)22-19/h5-8H,1-4H3. The Morgan fingerprint density at radius 1 is 0.640 bits per heavy atom. The number of hydrogen-bond acceptors (Lipinski definition) is 5. The molecule has 0 N–H and O–H groups in total. The zero-order valence-corrected chi connectivity index (χ0v) is 16.9. The quantitative estimate of drug-likeness (QED) is 0.373. The topological polar surface area (TPSA) is 25.8 Å². The van der Waals surface area contributed by atoms with Gasteiger partial charge < -0.3 is 0 Å². The van der Waals surface area contributed by atoms with Gasteiger partial charge >= 0.3 is 0 Å². The zero-order chi connectivity index (χ0) is 17.3. The third kappa shape index (κ3) is 2.19. The number of aromatic nitrogens is 2. The lowest BCUT2D eigenvalue weighted by Crippen LogP contribution is -2.08. The van der Waals surface area contributed by atoms with E-state index in [4.69, 9.17) is 9.97 Å². The van der Waals surface area contributed by atoms with Gasteiger partial charge in [-0.05, 0) is 63.1 Å². The first-order chi connectivity index (χ1) is 12.0. The van der Waals surface area contributed by atoms with Gasteiger partial charge in [0.1, 0.15) is 11.0 Å². The molecule has 124 valence electrons. The summed E-state index contributed by atoms with van der Waals surface area (Å²) in [6.07, 6.45) is 0. The van der Waals surface area contributed by atoms with Crippen LogP contribution in [0.5, 0.6) is 0 Å². The Morgan fingerprint density at radius 3 is 1.92 bits per heavy atom. The Labute approximate surface area is 158 Å². The molecule has 0 spiro atoms. The van der Waals surface area contributed by atoms with Crippen LogP contribution in [0.3, 0.4) is 0 Å². The molecule has 5 heteroatoms. The normalized spacial score (nSPS) is 13.4. The van der Waals surface area contributed by atoms with Crippen LogP contribution >= 0.6 is 34.0 Å². The number of hydrogen-bond donors (Lipinski definition) is 0. The van der Waals surface area contributed by atoms with Crippen molar-refractivity contribution in [3.8, 4) is 19.5 Å². The van der Waals surface area contributed by atoms with Crippen molar-refractivity contribution in [1.29, 1.82) is 0 Å². The second-order valence-corrected chi connectivity index (χ2v) is 10.0. The number of fused-ring (bicyclic) bond motifs is 2. The minimum atomic E-state index is 1.06. The summed E-state index contributed by atoms with van der Waals surface area (Å²) in [5.74, 6) is 0. The molecule has 4 aromatic heterocycles. The molecule has 0 bridgehead atoms. The van der Waals surface area contributed by atoms with Crippen LogP contribution < -0.4 is 0 Å². The summed E-state index contributed by atoms with van der Waals surface area (Å²) < 4.78 is 0. The van der Waals surface area contributed by atoms with E-state index in [0.29, 0.717) is 0 Å². The van der Waals surface area contributed by atoms with Crippen LogP contribution in [0.15, 0.2) is 24.3 Å². The van der Waals surface area contributed by atoms with Crippen molar-refractivity contribution in [2.45, 2.75) is 27.7 Å². The van der Waals surface area contributed by atoms with E-state index in [9.17, 15) is 0 Å². The van der Waals surface area contributed by atoms with E-state index >= 15 is 0 Å². The van der Waals surface area contributed by atoms with E-state index < -0.39 is 0 Å². The summed E-state index contributed by atoms with van der Waals surface area (Å²) in [6.45, 7) is 8.58. The molecular weight excluding hydrogens is 364 g/mol. The lowest BCUT2D eigenvalue weighted by Gasteiger charge is -2.20. The van der Waals surface area contributed by atoms with Gasteiger partial charge in [0.25, 0.3) is 0 Å². The summed E-state index contributed by atoms with van der Waals surface area (Å²) in [6, 6.07) is 8.87. The SMILES string of the molecule is CC1=C(C)c2nc3c(-c4ccc(-c5ccc(C)s5)s4)sc(C)c3nc21. The molecule has 0 aromatic carbocycles. The Morgan fingerprint density at radius 2 is 1.24 bits per heavy atom. The summed E-state index contributed by atoms with van der Waals surface area (Å²) in [5, 5.41) is 0. The molecule has 0 amide bonds. The van der Waals surface area contributed by atoms with Crippen LogP contribution in [0.25, 0.3) is 41.7 Å². The van der Waals surface area contributed by atoms with Gasteiger partial charge in [-0.3, -0.25) is 0 Å². The van der Waals surface area contributed by atoms with E-state index in [-0.39, 0.29) is 0 Å². The van der Waals surface area contributed by atoms with Gasteiger partial charge in [-0.2, -0.15) is 0 Å². The molecule has 1 aliphatic carbocycles. The van der Waals surface area contributed by atoms with Crippen molar-refractivity contribution in [3.05, 3.63) is 45.4 Å². The van der Waals surface area contributed by atoms with Gasteiger partial charge in [0.05, 0.1) is 16.3 Å². The molecule has 4 heterocycles. The molecule has 1 aliphatic rings. The third-order valence-electron chi connectivity index (χ3n) is 4.79. The number of thiophene rings is 3. The maximum absolute atomic E-state index is 4.98. The summed E-state index contributed by atoms with van der Waals surface area (Å²) in [4.78, 5) is 17.7. The lowest BCUT2D eigenvalue weighted by atomic mass is 9.91. The summed E-state index contributed by atoms with van der Waals surface area (Å²) >= 11 is 5.52. The van der Waals surface area contributed by atoms with Crippen molar-refractivity contribution in [3.63, 3.8) is 0 Å². The summed E-state index contributed by atoms with van der Waals surface area (Å²) in [5.41, 5.74) is 6.84. The fourth-order valence-electron chi connectivity index (χ4n) is 3.23. The first-order valence-electron chi connectivity index (χ1n) is 8.19. The zero-order valence-electron chi connectivity index (χ0n) is 14.4. The average molecular weight is 381 g/mol. The Balaban J connectivity index is 1.66. The van der Waals surface area contributed by atoms with Gasteiger partial charge in [0, 0.05) is 24.4 Å². The van der Waals surface area contributed by atoms with Crippen LogP contribution in [0.1, 0.15) is 35.0 Å². The fraction of sp³-hybridized carbons (Fsp3) is 0.200. The smallest absolute Gasteiger partial charge is 0.109 e. The molecule has 25 heavy (non-hydrogen) atoms. The van der Waals surface area contributed by atoms with Crippen molar-refractivity contribution < 1.29 is 0 Å². The molecule has 0 radical (unpaired) electrons. The number of nitrogens with zero attached hydrogens (tertiary/aromatic N) is 2. The van der Waals surface area contributed by atoms with Crippen LogP contribution in [0.4, 0.5) is 0 Å². The number of rotatable bonds is 2. The molecular formula is C20H16N2S3. The Bertz CT molecular complexity index is 1190. The fourth-order valence-corrected chi connectivity index (χ4v) is 6.34. The highest BCUT2D eigenvalue weighted by Gasteiger charge is 2.26. The maximum atomic E-state index is 4.98. The third-order valence-corrected chi connectivity index (χ3v) is 8.33. The first-order valence-corrected chi connectivity index (χ1v) is 10.6. The van der Waals surface area contributed by atoms with Gasteiger partial charge in [-0.25, -0.2) is 9.97 Å². The highest BCUT2D eigenvalue weighted by molar-refractivity contribution is 7.27. The Hall–Kier alpha value is -1.82. The molecule has 0 aliphatic heterocycles.